The van der Waals surface area contributed by atoms with Gasteiger partial charge in [-0.2, -0.15) is 0 Å². The van der Waals surface area contributed by atoms with Crippen LogP contribution in [0.4, 0.5) is 5.69 Å². The number of hydrogen-bond acceptors (Lipinski definition) is 5. The fraction of sp³-hybridized carbons (Fsp3) is 0.533. The van der Waals surface area contributed by atoms with E-state index in [1.54, 1.807) is 11.0 Å². The molecule has 0 fully saturated rings. The third-order valence-corrected chi connectivity index (χ3v) is 2.98. The van der Waals surface area contributed by atoms with Gasteiger partial charge in [-0.3, -0.25) is 4.79 Å². The van der Waals surface area contributed by atoms with E-state index in [0.717, 1.165) is 0 Å². The Bertz CT molecular complexity index is 441. The Morgan fingerprint density at radius 2 is 1.76 bits per heavy atom. The zero-order chi connectivity index (χ0) is 15.7. The number of amides is 1. The van der Waals surface area contributed by atoms with Crippen LogP contribution in [0.1, 0.15) is 24.2 Å². The smallest absolute Gasteiger partial charge is 0.254 e. The van der Waals surface area contributed by atoms with Crippen LogP contribution in [0.2, 0.25) is 0 Å². The summed E-state index contributed by atoms with van der Waals surface area (Å²) in [4.78, 5) is 14.1. The van der Waals surface area contributed by atoms with Crippen molar-refractivity contribution in [2.75, 3.05) is 45.3 Å². The molecule has 0 unspecified atom stereocenters. The van der Waals surface area contributed by atoms with Crippen LogP contribution in [0.5, 0.6) is 5.75 Å². The quantitative estimate of drug-likeness (QED) is 0.410. The van der Waals surface area contributed by atoms with Gasteiger partial charge in [-0.05, 0) is 32.0 Å². The SMILES string of the molecule is CCOCCN(CCOCC)C(=O)c1ccc(N)c(O)c1. The van der Waals surface area contributed by atoms with Crippen LogP contribution < -0.4 is 5.73 Å². The maximum atomic E-state index is 12.5. The molecule has 1 aromatic rings. The Balaban J connectivity index is 2.73. The van der Waals surface area contributed by atoms with Crippen LogP contribution in [0, 0.1) is 0 Å². The van der Waals surface area contributed by atoms with E-state index >= 15 is 0 Å². The van der Waals surface area contributed by atoms with E-state index in [4.69, 9.17) is 15.2 Å². The summed E-state index contributed by atoms with van der Waals surface area (Å²) >= 11 is 0. The molecule has 6 nitrogen and oxygen atoms in total. The Morgan fingerprint density at radius 1 is 1.19 bits per heavy atom. The minimum absolute atomic E-state index is 0.0876. The highest BCUT2D eigenvalue weighted by atomic mass is 16.5. The van der Waals surface area contributed by atoms with E-state index in [0.29, 0.717) is 45.1 Å². The summed E-state index contributed by atoms with van der Waals surface area (Å²) in [5.41, 5.74) is 6.20. The molecule has 0 aromatic heterocycles. The number of nitrogen functional groups attached to an aromatic ring is 1. The van der Waals surface area contributed by atoms with Gasteiger partial charge < -0.3 is 25.2 Å². The molecular formula is C15H24N2O4. The van der Waals surface area contributed by atoms with Crippen molar-refractivity contribution in [2.45, 2.75) is 13.8 Å². The van der Waals surface area contributed by atoms with E-state index in [9.17, 15) is 9.90 Å². The average Bonchev–Trinajstić information content (AvgIpc) is 2.48. The highest BCUT2D eigenvalue weighted by Gasteiger charge is 2.16. The number of carbonyl (C=O) groups excluding carboxylic acids is 1. The van der Waals surface area contributed by atoms with Crippen LogP contribution in [-0.4, -0.2) is 55.4 Å². The molecule has 0 atom stereocenters. The van der Waals surface area contributed by atoms with Gasteiger partial charge in [0.15, 0.2) is 0 Å². The zero-order valence-corrected chi connectivity index (χ0v) is 12.7. The van der Waals surface area contributed by atoms with Crippen LogP contribution in [0.25, 0.3) is 0 Å². The summed E-state index contributed by atoms with van der Waals surface area (Å²) in [5, 5.41) is 9.61. The molecule has 0 saturated heterocycles. The van der Waals surface area contributed by atoms with Crippen LogP contribution >= 0.6 is 0 Å². The molecule has 1 amide bonds. The first-order valence-corrected chi connectivity index (χ1v) is 7.13. The number of ether oxygens (including phenoxy) is 2. The third kappa shape index (κ3) is 5.61. The molecule has 0 bridgehead atoms. The number of anilines is 1. The standard InChI is InChI=1S/C15H24N2O4/c1-3-20-9-7-17(8-10-21-4-2)15(19)12-5-6-13(16)14(18)11-12/h5-6,11,18H,3-4,7-10,16H2,1-2H3. The highest BCUT2D eigenvalue weighted by Crippen LogP contribution is 2.21. The van der Waals surface area contributed by atoms with Crippen molar-refractivity contribution in [3.05, 3.63) is 23.8 Å². The van der Waals surface area contributed by atoms with Crippen molar-refractivity contribution >= 4 is 11.6 Å². The molecule has 1 aromatic carbocycles. The maximum absolute atomic E-state index is 12.5. The first-order chi connectivity index (χ1) is 10.1. The Hall–Kier alpha value is -1.79. The minimum atomic E-state index is -0.176. The predicted molar refractivity (Wildman–Crippen MR) is 81.4 cm³/mol. The van der Waals surface area contributed by atoms with Gasteiger partial charge in [0.1, 0.15) is 5.75 Å². The van der Waals surface area contributed by atoms with E-state index in [2.05, 4.69) is 0 Å². The summed E-state index contributed by atoms with van der Waals surface area (Å²) in [6, 6.07) is 4.50. The van der Waals surface area contributed by atoms with Gasteiger partial charge in [0, 0.05) is 31.9 Å². The van der Waals surface area contributed by atoms with Crippen molar-refractivity contribution in [1.82, 2.24) is 4.90 Å². The van der Waals surface area contributed by atoms with Crippen molar-refractivity contribution < 1.29 is 19.4 Å². The molecule has 0 saturated carbocycles. The topological polar surface area (TPSA) is 85.0 Å². The lowest BCUT2D eigenvalue weighted by molar-refractivity contribution is 0.0550. The van der Waals surface area contributed by atoms with Crippen molar-refractivity contribution in [1.29, 1.82) is 0 Å². The summed E-state index contributed by atoms with van der Waals surface area (Å²) in [6.45, 7) is 6.92. The molecule has 6 heteroatoms. The molecule has 0 aliphatic heterocycles. The number of nitrogens with two attached hydrogens (primary N) is 1. The number of nitrogens with zero attached hydrogens (tertiary/aromatic N) is 1. The molecule has 1 rings (SSSR count). The number of phenolic OH excluding ortho intramolecular Hbond substituents is 1. The van der Waals surface area contributed by atoms with Crippen molar-refractivity contribution in [3.8, 4) is 5.75 Å². The van der Waals surface area contributed by atoms with Gasteiger partial charge in [0.25, 0.3) is 5.91 Å². The lowest BCUT2D eigenvalue weighted by Crippen LogP contribution is -2.36. The molecule has 0 aliphatic rings. The normalized spacial score (nSPS) is 10.6. The number of hydrogen-bond donors (Lipinski definition) is 2. The van der Waals surface area contributed by atoms with Crippen LogP contribution in [0.15, 0.2) is 18.2 Å². The Kier molecular flexibility index (Phi) is 7.56. The van der Waals surface area contributed by atoms with Crippen molar-refractivity contribution in [3.63, 3.8) is 0 Å². The molecule has 3 N–H and O–H groups in total. The van der Waals surface area contributed by atoms with E-state index in [-0.39, 0.29) is 17.3 Å². The summed E-state index contributed by atoms with van der Waals surface area (Å²) in [6.07, 6.45) is 0. The first kappa shape index (κ1) is 17.3. The zero-order valence-electron chi connectivity index (χ0n) is 12.7. The van der Waals surface area contributed by atoms with E-state index in [1.807, 2.05) is 13.8 Å². The van der Waals surface area contributed by atoms with E-state index < -0.39 is 0 Å². The fourth-order valence-corrected chi connectivity index (χ4v) is 1.81. The van der Waals surface area contributed by atoms with E-state index in [1.165, 1.54) is 12.1 Å². The predicted octanol–water partition coefficient (Wildman–Crippen LogP) is 1.49. The second-order valence-corrected chi connectivity index (χ2v) is 4.46. The molecule has 118 valence electrons. The lowest BCUT2D eigenvalue weighted by Gasteiger charge is -2.22. The Morgan fingerprint density at radius 3 is 2.24 bits per heavy atom. The second kappa shape index (κ2) is 9.20. The maximum Gasteiger partial charge on any atom is 0.254 e. The number of benzene rings is 1. The van der Waals surface area contributed by atoms with Crippen LogP contribution in [0.3, 0.4) is 0 Å². The van der Waals surface area contributed by atoms with Gasteiger partial charge >= 0.3 is 0 Å². The fourth-order valence-electron chi connectivity index (χ4n) is 1.81. The number of aromatic hydroxyl groups is 1. The van der Waals surface area contributed by atoms with Gasteiger partial charge in [-0.1, -0.05) is 0 Å². The van der Waals surface area contributed by atoms with Crippen molar-refractivity contribution in [2.24, 2.45) is 0 Å². The lowest BCUT2D eigenvalue weighted by atomic mass is 10.1. The van der Waals surface area contributed by atoms with Gasteiger partial charge in [0.2, 0.25) is 0 Å². The summed E-state index contributed by atoms with van der Waals surface area (Å²) in [7, 11) is 0. The molecule has 21 heavy (non-hydrogen) atoms. The van der Waals surface area contributed by atoms with Crippen LogP contribution in [-0.2, 0) is 9.47 Å². The highest BCUT2D eigenvalue weighted by molar-refractivity contribution is 5.95. The minimum Gasteiger partial charge on any atom is -0.506 e. The largest absolute Gasteiger partial charge is 0.506 e. The average molecular weight is 296 g/mol. The van der Waals surface area contributed by atoms with Gasteiger partial charge in [-0.15, -0.1) is 0 Å². The molecule has 0 radical (unpaired) electrons. The molecule has 0 aliphatic carbocycles. The van der Waals surface area contributed by atoms with Gasteiger partial charge in [0.05, 0.1) is 18.9 Å². The second-order valence-electron chi connectivity index (χ2n) is 4.46. The number of phenols is 1. The monoisotopic (exact) mass is 296 g/mol. The molecule has 0 heterocycles. The number of rotatable bonds is 9. The summed E-state index contributed by atoms with van der Waals surface area (Å²) in [5.74, 6) is -0.264. The first-order valence-electron chi connectivity index (χ1n) is 7.13. The van der Waals surface area contributed by atoms with Gasteiger partial charge in [-0.25, -0.2) is 0 Å². The summed E-state index contributed by atoms with van der Waals surface area (Å²) < 4.78 is 10.6. The molecular weight excluding hydrogens is 272 g/mol. The third-order valence-electron chi connectivity index (χ3n) is 2.98. The Labute approximate surface area is 125 Å². The number of carbonyl (C=O) groups is 1. The molecule has 0 spiro atoms.